The summed E-state index contributed by atoms with van der Waals surface area (Å²) in [7, 11) is 2.03. The molecule has 0 radical (unpaired) electrons. The van der Waals surface area contributed by atoms with Crippen LogP contribution in [0.2, 0.25) is 0 Å². The first-order valence-electron chi connectivity index (χ1n) is 15.2. The number of ether oxygens (including phenoxy) is 1. The van der Waals surface area contributed by atoms with Gasteiger partial charge in [0, 0.05) is 36.6 Å². The third-order valence-electron chi connectivity index (χ3n) is 8.25. The molecular weight excluding hydrogens is 545 g/mol. The SMILES string of the molecule is C/C=c1/c(=O)c(C(N)=O)cn2/c1=C(/C(=C(\C)F)N1CCC(N)CC1)Oc1cc3ccccc3cc1-2.CCCC(CC)NC. The zero-order chi connectivity index (χ0) is 31.3. The minimum atomic E-state index is -0.828. The number of primary amides is 1. The number of pyridine rings is 1. The lowest BCUT2D eigenvalue weighted by molar-refractivity contribution is 0.0998. The second kappa shape index (κ2) is 14.0. The fourth-order valence-electron chi connectivity index (χ4n) is 5.84. The van der Waals surface area contributed by atoms with Crippen molar-refractivity contribution < 1.29 is 13.9 Å². The van der Waals surface area contributed by atoms with Crippen molar-refractivity contribution in [2.75, 3.05) is 20.1 Å². The number of amides is 1. The Bertz CT molecular complexity index is 1700. The number of carbonyl (C=O) groups excluding carboxylic acids is 1. The summed E-state index contributed by atoms with van der Waals surface area (Å²) in [6, 6.07) is 12.4. The zero-order valence-electron chi connectivity index (χ0n) is 25.9. The van der Waals surface area contributed by atoms with Crippen LogP contribution in [0.5, 0.6) is 5.75 Å². The van der Waals surface area contributed by atoms with E-state index in [2.05, 4.69) is 19.2 Å². The average molecular weight is 590 g/mol. The molecule has 5 N–H and O–H groups in total. The molecule has 2 aliphatic heterocycles. The highest BCUT2D eigenvalue weighted by Gasteiger charge is 2.30. The molecular formula is C34H44FN5O3. The van der Waals surface area contributed by atoms with Gasteiger partial charge in [-0.1, -0.05) is 50.6 Å². The Labute approximate surface area is 252 Å². The van der Waals surface area contributed by atoms with Gasteiger partial charge in [-0.05, 0) is 69.5 Å². The van der Waals surface area contributed by atoms with E-state index in [4.69, 9.17) is 16.2 Å². The van der Waals surface area contributed by atoms with Crippen LogP contribution in [0, 0.1) is 0 Å². The van der Waals surface area contributed by atoms with Crippen molar-refractivity contribution in [1.29, 1.82) is 0 Å². The van der Waals surface area contributed by atoms with Gasteiger partial charge >= 0.3 is 0 Å². The van der Waals surface area contributed by atoms with Gasteiger partial charge in [0.1, 0.15) is 22.4 Å². The number of likely N-dealkylation sites (tertiary alicyclic amines) is 1. The van der Waals surface area contributed by atoms with Crippen molar-refractivity contribution in [2.45, 2.75) is 71.9 Å². The molecule has 1 atom stereocenters. The third kappa shape index (κ3) is 6.68. The molecule has 0 spiro atoms. The second-order valence-electron chi connectivity index (χ2n) is 11.1. The number of piperidine rings is 1. The van der Waals surface area contributed by atoms with E-state index in [-0.39, 0.29) is 28.3 Å². The van der Waals surface area contributed by atoms with Crippen molar-refractivity contribution in [3.8, 4) is 11.4 Å². The largest absolute Gasteiger partial charge is 0.451 e. The Kier molecular flexibility index (Phi) is 10.4. The molecule has 2 aliphatic rings. The van der Waals surface area contributed by atoms with Crippen LogP contribution in [0.25, 0.3) is 28.3 Å². The van der Waals surface area contributed by atoms with Crippen molar-refractivity contribution >= 4 is 28.5 Å². The molecule has 3 aromatic rings. The minimum absolute atomic E-state index is 0.0596. The zero-order valence-corrected chi connectivity index (χ0v) is 25.9. The number of fused-ring (bicyclic) bond motifs is 4. The fraction of sp³-hybridized carbons (Fsp3) is 0.412. The Hall–Kier alpha value is -3.95. The summed E-state index contributed by atoms with van der Waals surface area (Å²) >= 11 is 0. The van der Waals surface area contributed by atoms with E-state index in [1.807, 2.05) is 48.3 Å². The first-order valence-corrected chi connectivity index (χ1v) is 15.2. The summed E-state index contributed by atoms with van der Waals surface area (Å²) in [5.74, 6) is -0.546. The van der Waals surface area contributed by atoms with Gasteiger partial charge in [0.2, 0.25) is 5.43 Å². The first kappa shape index (κ1) is 32.0. The quantitative estimate of drug-likeness (QED) is 0.386. The number of hydrogen-bond acceptors (Lipinski definition) is 6. The summed E-state index contributed by atoms with van der Waals surface area (Å²) in [6.45, 7) is 8.64. The lowest BCUT2D eigenvalue weighted by Crippen LogP contribution is -2.52. The smallest absolute Gasteiger partial charge is 0.254 e. The summed E-state index contributed by atoms with van der Waals surface area (Å²) in [5, 5.41) is 5.75. The van der Waals surface area contributed by atoms with Crippen LogP contribution < -0.4 is 37.5 Å². The lowest BCUT2D eigenvalue weighted by atomic mass is 10.0. The van der Waals surface area contributed by atoms with Crippen LogP contribution >= 0.6 is 0 Å². The van der Waals surface area contributed by atoms with Crippen LogP contribution in [0.3, 0.4) is 0 Å². The molecule has 0 saturated carbocycles. The number of allylic oxidation sites excluding steroid dienone is 1. The van der Waals surface area contributed by atoms with Gasteiger partial charge in [-0.3, -0.25) is 9.59 Å². The van der Waals surface area contributed by atoms with Crippen LogP contribution in [0.15, 0.2) is 58.9 Å². The van der Waals surface area contributed by atoms with E-state index in [0.717, 1.165) is 16.8 Å². The summed E-state index contributed by atoms with van der Waals surface area (Å²) in [5.41, 5.74) is 11.9. The molecule has 1 amide bonds. The molecule has 0 bridgehead atoms. The van der Waals surface area contributed by atoms with Gasteiger partial charge in [-0.25, -0.2) is 4.39 Å². The van der Waals surface area contributed by atoms with E-state index in [9.17, 15) is 9.59 Å². The van der Waals surface area contributed by atoms with Gasteiger partial charge in [0.05, 0.1) is 5.69 Å². The topological polar surface area (TPSA) is 116 Å². The summed E-state index contributed by atoms with van der Waals surface area (Å²) in [4.78, 5) is 27.3. The predicted molar refractivity (Wildman–Crippen MR) is 172 cm³/mol. The average Bonchev–Trinajstić information content (AvgIpc) is 2.99. The summed E-state index contributed by atoms with van der Waals surface area (Å²) < 4.78 is 23.4. The number of nitrogens with zero attached hydrogens (tertiary/aromatic N) is 2. The highest BCUT2D eigenvalue weighted by atomic mass is 19.1. The first-order chi connectivity index (χ1) is 20.6. The molecule has 2 aromatic carbocycles. The van der Waals surface area contributed by atoms with Crippen LogP contribution in [0.4, 0.5) is 4.39 Å². The van der Waals surface area contributed by atoms with Crippen molar-refractivity contribution in [2.24, 2.45) is 11.5 Å². The molecule has 8 nitrogen and oxygen atoms in total. The number of carbonyl (C=O) groups is 1. The van der Waals surface area contributed by atoms with Crippen molar-refractivity contribution in [3.05, 3.63) is 80.5 Å². The maximum Gasteiger partial charge on any atom is 0.254 e. The van der Waals surface area contributed by atoms with Gasteiger partial charge in [-0.15, -0.1) is 0 Å². The fourth-order valence-corrected chi connectivity index (χ4v) is 5.84. The molecule has 43 heavy (non-hydrogen) atoms. The third-order valence-corrected chi connectivity index (χ3v) is 8.25. The number of aromatic nitrogens is 1. The van der Waals surface area contributed by atoms with E-state index < -0.39 is 17.2 Å². The molecule has 9 heteroatoms. The van der Waals surface area contributed by atoms with Gasteiger partial charge < -0.3 is 31.0 Å². The molecule has 3 heterocycles. The molecule has 230 valence electrons. The predicted octanol–water partition coefficient (Wildman–Crippen LogP) is 3.80. The minimum Gasteiger partial charge on any atom is -0.451 e. The normalized spacial score (nSPS) is 16.5. The molecule has 1 unspecified atom stereocenters. The van der Waals surface area contributed by atoms with E-state index in [1.165, 1.54) is 32.4 Å². The van der Waals surface area contributed by atoms with Gasteiger partial charge in [0.25, 0.3) is 5.91 Å². The Morgan fingerprint density at radius 2 is 1.84 bits per heavy atom. The standard InChI is InChI=1S/C27H27FN4O3.C7H17N/c1-3-19-24-26(23(15(2)28)31-10-8-18(29)9-11-31)35-22-13-17-7-5-4-6-16(17)12-21(22)32(24)14-20(25(19)33)27(30)34;1-4-6-7(5-2)8-3/h3-7,12-14,18H,8-11,29H2,1-2H3,(H2,30,34);7-8H,4-6H2,1-3H3/b19-3+,23-15-;. The van der Waals surface area contributed by atoms with E-state index in [1.54, 1.807) is 17.6 Å². The molecule has 5 rings (SSSR count). The maximum absolute atomic E-state index is 15.2. The lowest BCUT2D eigenvalue weighted by Gasteiger charge is -2.35. The van der Waals surface area contributed by atoms with E-state index >= 15 is 4.39 Å². The Morgan fingerprint density at radius 1 is 1.19 bits per heavy atom. The Morgan fingerprint density at radius 3 is 2.35 bits per heavy atom. The van der Waals surface area contributed by atoms with Crippen LogP contribution in [-0.4, -0.2) is 47.6 Å². The number of halogens is 1. The maximum atomic E-state index is 15.2. The number of hydrogen-bond donors (Lipinski definition) is 3. The Balaban J connectivity index is 0.000000467. The molecule has 1 fully saturated rings. The molecule has 1 saturated heterocycles. The highest BCUT2D eigenvalue weighted by molar-refractivity contribution is 5.93. The molecule has 0 aliphatic carbocycles. The van der Waals surface area contributed by atoms with Crippen molar-refractivity contribution in [1.82, 2.24) is 14.8 Å². The van der Waals surface area contributed by atoms with Crippen LogP contribution in [0.1, 0.15) is 70.2 Å². The number of nitrogens with one attached hydrogen (secondary N) is 1. The number of rotatable bonds is 7. The van der Waals surface area contributed by atoms with Crippen molar-refractivity contribution in [3.63, 3.8) is 0 Å². The number of benzene rings is 2. The summed E-state index contributed by atoms with van der Waals surface area (Å²) in [6.07, 6.45) is 8.32. The number of nitrogens with two attached hydrogens (primary N) is 2. The van der Waals surface area contributed by atoms with E-state index in [0.29, 0.717) is 42.7 Å². The highest BCUT2D eigenvalue weighted by Crippen LogP contribution is 2.35. The van der Waals surface area contributed by atoms with Crippen LogP contribution in [-0.2, 0) is 0 Å². The molecule has 1 aromatic heterocycles. The second-order valence-corrected chi connectivity index (χ2v) is 11.1. The monoisotopic (exact) mass is 589 g/mol. The van der Waals surface area contributed by atoms with Gasteiger partial charge in [-0.2, -0.15) is 0 Å². The van der Waals surface area contributed by atoms with Gasteiger partial charge in [0.15, 0.2) is 11.5 Å².